The standard InChI is InChI=1S/C15H19NO5/c1-9-2-5-13(21-9)12-8-20-7-6-16(12)14(17)10-3-4-11(10)15(18)19/h2,5,10-12H,3-4,6-8H2,1H3,(H,18,19). The highest BCUT2D eigenvalue weighted by Crippen LogP contribution is 2.38. The highest BCUT2D eigenvalue weighted by atomic mass is 16.5. The number of rotatable bonds is 3. The maximum Gasteiger partial charge on any atom is 0.307 e. The van der Waals surface area contributed by atoms with Gasteiger partial charge in [-0.05, 0) is 31.9 Å². The van der Waals surface area contributed by atoms with Gasteiger partial charge in [0, 0.05) is 6.54 Å². The van der Waals surface area contributed by atoms with Gasteiger partial charge in [0.2, 0.25) is 5.91 Å². The number of carboxylic acids is 1. The van der Waals surface area contributed by atoms with Crippen molar-refractivity contribution in [1.82, 2.24) is 4.90 Å². The van der Waals surface area contributed by atoms with Gasteiger partial charge in [0.05, 0.1) is 25.0 Å². The third kappa shape index (κ3) is 2.55. The van der Waals surface area contributed by atoms with Crippen LogP contribution >= 0.6 is 0 Å². The van der Waals surface area contributed by atoms with Crippen LogP contribution in [0.2, 0.25) is 0 Å². The van der Waals surface area contributed by atoms with Crippen molar-refractivity contribution in [3.8, 4) is 0 Å². The first-order valence-corrected chi connectivity index (χ1v) is 7.25. The average Bonchev–Trinajstić information content (AvgIpc) is 2.83. The number of aryl methyl sites for hydroxylation is 1. The number of carbonyl (C=O) groups is 2. The average molecular weight is 293 g/mol. The topological polar surface area (TPSA) is 80.0 Å². The molecule has 1 amide bonds. The van der Waals surface area contributed by atoms with E-state index in [1.54, 1.807) is 4.90 Å². The van der Waals surface area contributed by atoms with Crippen molar-refractivity contribution >= 4 is 11.9 Å². The maximum absolute atomic E-state index is 12.7. The zero-order chi connectivity index (χ0) is 15.0. The molecule has 1 aromatic heterocycles. The quantitative estimate of drug-likeness (QED) is 0.915. The summed E-state index contributed by atoms with van der Waals surface area (Å²) in [6.45, 7) is 3.20. The van der Waals surface area contributed by atoms with Crippen molar-refractivity contribution in [2.24, 2.45) is 11.8 Å². The van der Waals surface area contributed by atoms with Gasteiger partial charge in [-0.25, -0.2) is 0 Å². The molecule has 0 radical (unpaired) electrons. The maximum atomic E-state index is 12.7. The van der Waals surface area contributed by atoms with E-state index >= 15 is 0 Å². The van der Waals surface area contributed by atoms with Crippen LogP contribution in [0.4, 0.5) is 0 Å². The van der Waals surface area contributed by atoms with Gasteiger partial charge < -0.3 is 19.2 Å². The van der Waals surface area contributed by atoms with E-state index in [0.717, 1.165) is 5.76 Å². The second-order valence-electron chi connectivity index (χ2n) is 5.70. The number of hydrogen-bond donors (Lipinski definition) is 1. The molecule has 1 saturated heterocycles. The zero-order valence-corrected chi connectivity index (χ0v) is 11.9. The Morgan fingerprint density at radius 2 is 2.05 bits per heavy atom. The summed E-state index contributed by atoms with van der Waals surface area (Å²) < 4.78 is 11.1. The molecule has 114 valence electrons. The predicted octanol–water partition coefficient (Wildman–Crippen LogP) is 1.60. The Hall–Kier alpha value is -1.82. The molecule has 0 bridgehead atoms. The zero-order valence-electron chi connectivity index (χ0n) is 11.9. The fraction of sp³-hybridized carbons (Fsp3) is 0.600. The number of amides is 1. The van der Waals surface area contributed by atoms with E-state index in [4.69, 9.17) is 14.3 Å². The summed E-state index contributed by atoms with van der Waals surface area (Å²) in [7, 11) is 0. The molecule has 1 saturated carbocycles. The Kier molecular flexibility index (Phi) is 3.71. The van der Waals surface area contributed by atoms with Crippen LogP contribution in [0.15, 0.2) is 16.5 Å². The number of morpholine rings is 1. The fourth-order valence-electron chi connectivity index (χ4n) is 3.04. The van der Waals surface area contributed by atoms with Crippen molar-refractivity contribution in [2.75, 3.05) is 19.8 Å². The number of hydrogen-bond acceptors (Lipinski definition) is 4. The Morgan fingerprint density at radius 1 is 1.29 bits per heavy atom. The first kappa shape index (κ1) is 14.1. The molecule has 1 aliphatic heterocycles. The number of ether oxygens (including phenoxy) is 1. The SMILES string of the molecule is Cc1ccc(C2COCCN2C(=O)C2CCC2C(=O)O)o1. The molecular weight excluding hydrogens is 274 g/mol. The van der Waals surface area contributed by atoms with Crippen molar-refractivity contribution in [3.63, 3.8) is 0 Å². The van der Waals surface area contributed by atoms with Crippen LogP contribution in [0.1, 0.15) is 30.4 Å². The van der Waals surface area contributed by atoms with Crippen molar-refractivity contribution in [3.05, 3.63) is 23.7 Å². The normalized spacial score (nSPS) is 29.0. The molecule has 1 aliphatic carbocycles. The molecule has 3 unspecified atom stereocenters. The van der Waals surface area contributed by atoms with Crippen molar-refractivity contribution in [2.45, 2.75) is 25.8 Å². The molecular formula is C15H19NO5. The Labute approximate surface area is 122 Å². The van der Waals surface area contributed by atoms with Crippen LogP contribution in [0, 0.1) is 18.8 Å². The third-order valence-corrected chi connectivity index (χ3v) is 4.41. The van der Waals surface area contributed by atoms with E-state index in [-0.39, 0.29) is 11.9 Å². The molecule has 2 fully saturated rings. The lowest BCUT2D eigenvalue weighted by atomic mass is 9.72. The molecule has 1 N–H and O–H groups in total. The van der Waals surface area contributed by atoms with Gasteiger partial charge in [0.25, 0.3) is 0 Å². The molecule has 0 aromatic carbocycles. The number of nitrogens with zero attached hydrogens (tertiary/aromatic N) is 1. The fourth-order valence-corrected chi connectivity index (χ4v) is 3.04. The molecule has 21 heavy (non-hydrogen) atoms. The van der Waals surface area contributed by atoms with Gasteiger partial charge in [-0.3, -0.25) is 9.59 Å². The lowest BCUT2D eigenvalue weighted by molar-refractivity contribution is -0.161. The van der Waals surface area contributed by atoms with Crippen LogP contribution < -0.4 is 0 Å². The minimum absolute atomic E-state index is 0.0870. The van der Waals surface area contributed by atoms with Gasteiger partial charge in [0.1, 0.15) is 17.6 Å². The Bertz CT molecular complexity index is 552. The first-order chi connectivity index (χ1) is 10.1. The first-order valence-electron chi connectivity index (χ1n) is 7.25. The van der Waals surface area contributed by atoms with Crippen LogP contribution in [-0.2, 0) is 14.3 Å². The summed E-state index contributed by atoms with van der Waals surface area (Å²) >= 11 is 0. The van der Waals surface area contributed by atoms with Crippen LogP contribution in [0.25, 0.3) is 0 Å². The summed E-state index contributed by atoms with van der Waals surface area (Å²) in [5, 5.41) is 9.12. The summed E-state index contributed by atoms with van der Waals surface area (Å²) in [6.07, 6.45) is 1.23. The molecule has 6 heteroatoms. The van der Waals surface area contributed by atoms with Gasteiger partial charge in [-0.2, -0.15) is 0 Å². The molecule has 1 aromatic rings. The minimum Gasteiger partial charge on any atom is -0.481 e. The smallest absolute Gasteiger partial charge is 0.307 e. The Balaban J connectivity index is 1.78. The Morgan fingerprint density at radius 3 is 2.62 bits per heavy atom. The largest absolute Gasteiger partial charge is 0.481 e. The van der Waals surface area contributed by atoms with E-state index < -0.39 is 17.8 Å². The lowest BCUT2D eigenvalue weighted by Crippen LogP contribution is -2.50. The van der Waals surface area contributed by atoms with Crippen LogP contribution in [0.5, 0.6) is 0 Å². The number of carbonyl (C=O) groups excluding carboxylic acids is 1. The molecule has 6 nitrogen and oxygen atoms in total. The highest BCUT2D eigenvalue weighted by Gasteiger charge is 2.45. The summed E-state index contributed by atoms with van der Waals surface area (Å²) in [6, 6.07) is 3.45. The second kappa shape index (κ2) is 5.52. The van der Waals surface area contributed by atoms with Crippen LogP contribution in [-0.4, -0.2) is 41.6 Å². The molecule has 3 rings (SSSR count). The number of carboxylic acid groups (broad SMARTS) is 1. The highest BCUT2D eigenvalue weighted by molar-refractivity contribution is 5.86. The van der Waals surface area contributed by atoms with Gasteiger partial charge >= 0.3 is 5.97 Å². The minimum atomic E-state index is -0.877. The van der Waals surface area contributed by atoms with Crippen molar-refractivity contribution < 1.29 is 23.8 Å². The summed E-state index contributed by atoms with van der Waals surface area (Å²) in [5.41, 5.74) is 0. The second-order valence-corrected chi connectivity index (χ2v) is 5.70. The predicted molar refractivity (Wildman–Crippen MR) is 72.6 cm³/mol. The van der Waals surface area contributed by atoms with Gasteiger partial charge in [-0.1, -0.05) is 0 Å². The van der Waals surface area contributed by atoms with Crippen LogP contribution in [0.3, 0.4) is 0 Å². The summed E-state index contributed by atoms with van der Waals surface area (Å²) in [5.74, 6) is -0.422. The van der Waals surface area contributed by atoms with E-state index in [2.05, 4.69) is 0 Å². The molecule has 2 heterocycles. The van der Waals surface area contributed by atoms with Gasteiger partial charge in [0.15, 0.2) is 0 Å². The molecule has 2 aliphatic rings. The van der Waals surface area contributed by atoms with Crippen molar-refractivity contribution in [1.29, 1.82) is 0 Å². The molecule has 0 spiro atoms. The van der Waals surface area contributed by atoms with E-state index in [1.165, 1.54) is 0 Å². The third-order valence-electron chi connectivity index (χ3n) is 4.41. The number of furan rings is 1. The van der Waals surface area contributed by atoms with E-state index in [9.17, 15) is 9.59 Å². The lowest BCUT2D eigenvalue weighted by Gasteiger charge is -2.41. The van der Waals surface area contributed by atoms with E-state index in [1.807, 2.05) is 19.1 Å². The monoisotopic (exact) mass is 293 g/mol. The molecule has 3 atom stereocenters. The van der Waals surface area contributed by atoms with Gasteiger partial charge in [-0.15, -0.1) is 0 Å². The summed E-state index contributed by atoms with van der Waals surface area (Å²) in [4.78, 5) is 25.5. The number of aliphatic carboxylic acids is 1. The van der Waals surface area contributed by atoms with E-state index in [0.29, 0.717) is 38.4 Å².